The molecule has 1 aliphatic heterocycles. The van der Waals surface area contributed by atoms with Crippen LogP contribution in [0.4, 0.5) is 0 Å². The van der Waals surface area contributed by atoms with Crippen LogP contribution in [0.1, 0.15) is 194 Å². The summed E-state index contributed by atoms with van der Waals surface area (Å²) in [5.74, 6) is 0.971. The van der Waals surface area contributed by atoms with Crippen molar-refractivity contribution < 1.29 is 0 Å². The van der Waals surface area contributed by atoms with Crippen LogP contribution < -0.4 is 0 Å². The van der Waals surface area contributed by atoms with Gasteiger partial charge >= 0.3 is 0 Å². The molecule has 47 heavy (non-hydrogen) atoms. The molecule has 1 fully saturated rings. The van der Waals surface area contributed by atoms with Gasteiger partial charge in [0.05, 0.1) is 0 Å². The first-order valence-electron chi connectivity index (χ1n) is 21.3. The number of hydrogen-bond donors (Lipinski definition) is 0. The third-order valence-corrected chi connectivity index (χ3v) is 10.3. The van der Waals surface area contributed by atoms with Gasteiger partial charge in [0.15, 0.2) is 0 Å². The molecular weight excluding hydrogens is 569 g/mol. The van der Waals surface area contributed by atoms with E-state index in [0.29, 0.717) is 0 Å². The molecule has 0 atom stereocenters. The monoisotopic (exact) mass is 653 g/mol. The first-order valence-corrected chi connectivity index (χ1v) is 21.3. The van der Waals surface area contributed by atoms with E-state index < -0.39 is 0 Å². The summed E-state index contributed by atoms with van der Waals surface area (Å²) in [6.45, 7) is 10.9. The van der Waals surface area contributed by atoms with Crippen LogP contribution in [-0.2, 0) is 0 Å². The lowest BCUT2D eigenvalue weighted by Gasteiger charge is -2.32. The van der Waals surface area contributed by atoms with Crippen molar-refractivity contribution in [3.05, 3.63) is 48.6 Å². The predicted octanol–water partition coefficient (Wildman–Crippen LogP) is 14.0. The molecule has 1 saturated heterocycles. The van der Waals surface area contributed by atoms with Crippen LogP contribution in [0.3, 0.4) is 0 Å². The summed E-state index contributed by atoms with van der Waals surface area (Å²) in [5.41, 5.74) is 0. The lowest BCUT2D eigenvalue weighted by molar-refractivity contribution is 0.149. The van der Waals surface area contributed by atoms with Gasteiger partial charge in [-0.05, 0) is 96.6 Å². The molecule has 0 aromatic heterocycles. The fraction of sp³-hybridized carbons (Fsp3) is 0.822. The van der Waals surface area contributed by atoms with E-state index in [1.807, 2.05) is 0 Å². The first-order chi connectivity index (χ1) is 23.3. The molecule has 0 aromatic carbocycles. The van der Waals surface area contributed by atoms with Gasteiger partial charge < -0.3 is 9.80 Å². The highest BCUT2D eigenvalue weighted by molar-refractivity contribution is 4.93. The zero-order chi connectivity index (χ0) is 33.7. The van der Waals surface area contributed by atoms with E-state index >= 15 is 0 Å². The Labute approximate surface area is 297 Å². The van der Waals surface area contributed by atoms with E-state index in [4.69, 9.17) is 0 Å². The Morgan fingerprint density at radius 3 is 1.19 bits per heavy atom. The SMILES string of the molecule is CCCCC/C=C\C/C=C\CCCCCCCCC(CCCCCCCC/C=C\C/C=C\CCCCC)CCCN1CCN(C)CC1. The number of likely N-dealkylation sites (N-methyl/N-ethyl adjacent to an activating group) is 1. The molecule has 2 heteroatoms. The molecule has 274 valence electrons. The van der Waals surface area contributed by atoms with Gasteiger partial charge in [-0.2, -0.15) is 0 Å². The Balaban J connectivity index is 2.11. The number of piperazine rings is 1. The zero-order valence-electron chi connectivity index (χ0n) is 32.4. The van der Waals surface area contributed by atoms with Gasteiger partial charge in [-0.15, -0.1) is 0 Å². The Bertz CT molecular complexity index is 678. The topological polar surface area (TPSA) is 6.48 Å². The summed E-state index contributed by atoms with van der Waals surface area (Å²) in [4.78, 5) is 5.20. The first kappa shape index (κ1) is 43.9. The highest BCUT2D eigenvalue weighted by atomic mass is 15.2. The highest BCUT2D eigenvalue weighted by Gasteiger charge is 2.14. The molecular formula is C45H84N2. The van der Waals surface area contributed by atoms with Crippen molar-refractivity contribution in [2.45, 2.75) is 194 Å². The highest BCUT2D eigenvalue weighted by Crippen LogP contribution is 2.24. The summed E-state index contributed by atoms with van der Waals surface area (Å²) in [7, 11) is 2.27. The fourth-order valence-corrected chi connectivity index (χ4v) is 6.95. The maximum Gasteiger partial charge on any atom is 0.0110 e. The second-order valence-corrected chi connectivity index (χ2v) is 14.9. The van der Waals surface area contributed by atoms with Crippen LogP contribution in [0.5, 0.6) is 0 Å². The van der Waals surface area contributed by atoms with E-state index in [1.54, 1.807) is 0 Å². The van der Waals surface area contributed by atoms with Gasteiger partial charge in [0.2, 0.25) is 0 Å². The third kappa shape index (κ3) is 31.9. The number of rotatable bonds is 34. The van der Waals surface area contributed by atoms with E-state index in [0.717, 1.165) is 18.8 Å². The maximum absolute atomic E-state index is 2.72. The minimum atomic E-state index is 0.971. The predicted molar refractivity (Wildman–Crippen MR) is 215 cm³/mol. The molecule has 1 rings (SSSR count). The summed E-state index contributed by atoms with van der Waals surface area (Å²) >= 11 is 0. The molecule has 0 N–H and O–H groups in total. The smallest absolute Gasteiger partial charge is 0.0110 e. The minimum absolute atomic E-state index is 0.971. The van der Waals surface area contributed by atoms with Gasteiger partial charge in [-0.1, -0.05) is 165 Å². The maximum atomic E-state index is 2.72. The molecule has 1 aliphatic rings. The Kier molecular flexibility index (Phi) is 33.8. The molecule has 0 unspecified atom stereocenters. The van der Waals surface area contributed by atoms with Crippen LogP contribution in [0.15, 0.2) is 48.6 Å². The number of unbranched alkanes of at least 4 members (excludes halogenated alkanes) is 18. The van der Waals surface area contributed by atoms with Crippen molar-refractivity contribution in [3.8, 4) is 0 Å². The van der Waals surface area contributed by atoms with E-state index in [-0.39, 0.29) is 0 Å². The Morgan fingerprint density at radius 1 is 0.404 bits per heavy atom. The van der Waals surface area contributed by atoms with Gasteiger partial charge in [0.25, 0.3) is 0 Å². The second kappa shape index (κ2) is 36.2. The van der Waals surface area contributed by atoms with Crippen molar-refractivity contribution in [2.24, 2.45) is 5.92 Å². The molecule has 0 radical (unpaired) electrons. The Morgan fingerprint density at radius 2 is 0.766 bits per heavy atom. The summed E-state index contributed by atoms with van der Waals surface area (Å²) in [6.07, 6.45) is 57.4. The summed E-state index contributed by atoms with van der Waals surface area (Å²) in [5, 5.41) is 0. The molecule has 2 nitrogen and oxygen atoms in total. The molecule has 0 bridgehead atoms. The van der Waals surface area contributed by atoms with Crippen molar-refractivity contribution in [2.75, 3.05) is 39.8 Å². The second-order valence-electron chi connectivity index (χ2n) is 14.9. The lowest BCUT2D eigenvalue weighted by atomic mass is 9.90. The van der Waals surface area contributed by atoms with Crippen LogP contribution >= 0.6 is 0 Å². The summed E-state index contributed by atoms with van der Waals surface area (Å²) in [6, 6.07) is 0. The molecule has 0 aromatic rings. The van der Waals surface area contributed by atoms with Crippen molar-refractivity contribution in [1.82, 2.24) is 9.80 Å². The van der Waals surface area contributed by atoms with Gasteiger partial charge in [-0.25, -0.2) is 0 Å². The number of allylic oxidation sites excluding steroid dienone is 8. The molecule has 0 amide bonds. The van der Waals surface area contributed by atoms with Crippen LogP contribution in [-0.4, -0.2) is 49.6 Å². The van der Waals surface area contributed by atoms with E-state index in [1.165, 1.54) is 200 Å². The molecule has 0 aliphatic carbocycles. The number of hydrogen-bond acceptors (Lipinski definition) is 2. The van der Waals surface area contributed by atoms with Gasteiger partial charge in [0.1, 0.15) is 0 Å². The van der Waals surface area contributed by atoms with E-state index in [9.17, 15) is 0 Å². The third-order valence-electron chi connectivity index (χ3n) is 10.3. The van der Waals surface area contributed by atoms with Gasteiger partial charge in [-0.3, -0.25) is 0 Å². The van der Waals surface area contributed by atoms with Crippen molar-refractivity contribution in [1.29, 1.82) is 0 Å². The van der Waals surface area contributed by atoms with Crippen molar-refractivity contribution >= 4 is 0 Å². The largest absolute Gasteiger partial charge is 0.304 e. The summed E-state index contributed by atoms with van der Waals surface area (Å²) < 4.78 is 0. The zero-order valence-corrected chi connectivity index (χ0v) is 32.4. The van der Waals surface area contributed by atoms with E-state index in [2.05, 4.69) is 79.3 Å². The molecule has 0 saturated carbocycles. The normalized spacial score (nSPS) is 15.2. The Hall–Kier alpha value is -1.12. The van der Waals surface area contributed by atoms with Crippen LogP contribution in [0.25, 0.3) is 0 Å². The van der Waals surface area contributed by atoms with Crippen molar-refractivity contribution in [3.63, 3.8) is 0 Å². The lowest BCUT2D eigenvalue weighted by Crippen LogP contribution is -2.44. The van der Waals surface area contributed by atoms with Gasteiger partial charge in [0, 0.05) is 26.2 Å². The average Bonchev–Trinajstić information content (AvgIpc) is 3.08. The minimum Gasteiger partial charge on any atom is -0.304 e. The van der Waals surface area contributed by atoms with Crippen LogP contribution in [0, 0.1) is 5.92 Å². The molecule has 1 heterocycles. The van der Waals surface area contributed by atoms with Crippen LogP contribution in [0.2, 0.25) is 0 Å². The quantitative estimate of drug-likeness (QED) is 0.0504. The number of nitrogens with zero attached hydrogens (tertiary/aromatic N) is 2. The molecule has 0 spiro atoms. The average molecular weight is 653 g/mol. The standard InChI is InChI=1S/C45H84N2/c1-4-6-8-10-12-14-16-18-20-22-24-26-28-30-32-34-37-45(39-36-40-47-43-41-46(3)42-44-47)38-35-33-31-29-27-25-23-21-19-17-15-13-11-9-7-5-2/h12-15,18-21,45H,4-11,16-17,22-44H2,1-3H3/b14-12-,15-13-,20-18-,21-19-. The fourth-order valence-electron chi connectivity index (χ4n) is 6.95.